The predicted octanol–water partition coefficient (Wildman–Crippen LogP) is 6.17. The summed E-state index contributed by atoms with van der Waals surface area (Å²) in [4.78, 5) is 17.6. The molecule has 4 aromatic rings. The highest BCUT2D eigenvalue weighted by molar-refractivity contribution is 7.98. The van der Waals surface area contributed by atoms with Crippen molar-refractivity contribution in [2.24, 2.45) is 0 Å². The number of halogens is 3. The Balaban J connectivity index is 1.52. The first kappa shape index (κ1) is 22.3. The second-order valence-corrected chi connectivity index (χ2v) is 9.31. The molecule has 0 saturated carbocycles. The number of aromatic nitrogens is 3. The molecule has 5 nitrogen and oxygen atoms in total. The molecule has 166 valence electrons. The molecular weight excluding hydrogens is 459 g/mol. The van der Waals surface area contributed by atoms with E-state index < -0.39 is 17.7 Å². The van der Waals surface area contributed by atoms with Crippen molar-refractivity contribution in [3.63, 3.8) is 0 Å². The average Bonchev–Trinajstić information content (AvgIpc) is 3.30. The van der Waals surface area contributed by atoms with Crippen LogP contribution in [0.4, 0.5) is 13.2 Å². The smallest absolute Gasteiger partial charge is 0.416 e. The van der Waals surface area contributed by atoms with Gasteiger partial charge >= 0.3 is 12.1 Å². The first-order valence-corrected chi connectivity index (χ1v) is 11.4. The molecule has 0 amide bonds. The quantitative estimate of drug-likeness (QED) is 0.336. The summed E-state index contributed by atoms with van der Waals surface area (Å²) in [6, 6.07) is 8.87. The lowest BCUT2D eigenvalue weighted by molar-refractivity contribution is -0.138. The third-order valence-corrected chi connectivity index (χ3v) is 7.62. The van der Waals surface area contributed by atoms with Crippen LogP contribution < -0.4 is 0 Å². The summed E-state index contributed by atoms with van der Waals surface area (Å²) < 4.78 is 39.8. The molecule has 32 heavy (non-hydrogen) atoms. The van der Waals surface area contributed by atoms with Gasteiger partial charge in [-0.2, -0.15) is 18.3 Å². The Bertz CT molecular complexity index is 1290. The molecule has 0 spiro atoms. The Morgan fingerprint density at radius 1 is 1.16 bits per heavy atom. The fourth-order valence-electron chi connectivity index (χ4n) is 3.31. The van der Waals surface area contributed by atoms with Crippen molar-refractivity contribution < 1.29 is 23.1 Å². The SMILES string of the molecule is Cc1nc(-c2ccc(C(F)(F)F)cc2)sc1CSc1ccc2c(cnn2CC(=O)O)c1C. The molecule has 0 saturated heterocycles. The largest absolute Gasteiger partial charge is 0.480 e. The van der Waals surface area contributed by atoms with Gasteiger partial charge in [-0.15, -0.1) is 23.1 Å². The van der Waals surface area contributed by atoms with E-state index in [-0.39, 0.29) is 6.54 Å². The van der Waals surface area contributed by atoms with Crippen LogP contribution in [0.5, 0.6) is 0 Å². The number of carbonyl (C=O) groups is 1. The summed E-state index contributed by atoms with van der Waals surface area (Å²) in [7, 11) is 0. The summed E-state index contributed by atoms with van der Waals surface area (Å²) in [6.07, 6.45) is -2.68. The lowest BCUT2D eigenvalue weighted by atomic mass is 10.1. The zero-order valence-electron chi connectivity index (χ0n) is 17.1. The van der Waals surface area contributed by atoms with Crippen molar-refractivity contribution >= 4 is 40.0 Å². The summed E-state index contributed by atoms with van der Waals surface area (Å²) in [5.74, 6) is -0.282. The van der Waals surface area contributed by atoms with Crippen LogP contribution in [0.15, 0.2) is 47.5 Å². The van der Waals surface area contributed by atoms with E-state index >= 15 is 0 Å². The molecule has 2 aromatic heterocycles. The first-order valence-electron chi connectivity index (χ1n) is 9.57. The van der Waals surface area contributed by atoms with Crippen molar-refractivity contribution in [2.75, 3.05) is 0 Å². The molecule has 10 heteroatoms. The van der Waals surface area contributed by atoms with E-state index in [1.54, 1.807) is 18.0 Å². The van der Waals surface area contributed by atoms with E-state index in [0.717, 1.165) is 44.1 Å². The van der Waals surface area contributed by atoms with Crippen LogP contribution in [-0.2, 0) is 23.3 Å². The fourth-order valence-corrected chi connectivity index (χ4v) is 5.57. The van der Waals surface area contributed by atoms with Crippen LogP contribution in [0.2, 0.25) is 0 Å². The summed E-state index contributed by atoms with van der Waals surface area (Å²) in [6.45, 7) is 3.68. The Labute approximate surface area is 189 Å². The second-order valence-electron chi connectivity index (χ2n) is 7.21. The Hall–Kier alpha value is -2.85. The number of benzene rings is 2. The highest BCUT2D eigenvalue weighted by Gasteiger charge is 2.30. The van der Waals surface area contributed by atoms with Crippen molar-refractivity contribution in [2.45, 2.75) is 37.2 Å². The molecule has 0 unspecified atom stereocenters. The Morgan fingerprint density at radius 3 is 2.53 bits per heavy atom. The van der Waals surface area contributed by atoms with Crippen molar-refractivity contribution in [1.29, 1.82) is 0 Å². The van der Waals surface area contributed by atoms with Crippen LogP contribution in [0.1, 0.15) is 21.7 Å². The minimum absolute atomic E-state index is 0.192. The van der Waals surface area contributed by atoms with Crippen LogP contribution in [-0.4, -0.2) is 25.8 Å². The first-order chi connectivity index (χ1) is 15.1. The standard InChI is InChI=1S/C22H18F3N3O2S2/c1-12-16-9-26-28(10-20(29)30)17(16)7-8-18(12)31-11-19-13(2)27-21(32-19)14-3-5-15(6-4-14)22(23,24)25/h3-9H,10-11H2,1-2H3,(H,29,30). The van der Waals surface area contributed by atoms with Crippen LogP contribution in [0.25, 0.3) is 21.5 Å². The van der Waals surface area contributed by atoms with Crippen LogP contribution in [0, 0.1) is 13.8 Å². The number of aryl methyl sites for hydroxylation is 2. The Morgan fingerprint density at radius 2 is 1.88 bits per heavy atom. The van der Waals surface area contributed by atoms with Gasteiger partial charge in [-0.25, -0.2) is 4.98 Å². The maximum Gasteiger partial charge on any atom is 0.416 e. The molecule has 0 radical (unpaired) electrons. The number of hydrogen-bond donors (Lipinski definition) is 1. The van der Waals surface area contributed by atoms with Gasteiger partial charge in [0, 0.05) is 26.5 Å². The lowest BCUT2D eigenvalue weighted by Crippen LogP contribution is -2.09. The average molecular weight is 478 g/mol. The van der Waals surface area contributed by atoms with Gasteiger partial charge < -0.3 is 5.11 Å². The number of carboxylic acids is 1. The van der Waals surface area contributed by atoms with Gasteiger partial charge in [-0.05, 0) is 43.7 Å². The van der Waals surface area contributed by atoms with Crippen molar-refractivity contribution in [3.05, 3.63) is 64.3 Å². The number of thiazole rings is 1. The van der Waals surface area contributed by atoms with Crippen LogP contribution >= 0.6 is 23.1 Å². The number of rotatable bonds is 6. The van der Waals surface area contributed by atoms with E-state index in [9.17, 15) is 18.0 Å². The van der Waals surface area contributed by atoms with Gasteiger partial charge in [0.15, 0.2) is 0 Å². The fraction of sp³-hybridized carbons (Fsp3) is 0.227. The predicted molar refractivity (Wildman–Crippen MR) is 119 cm³/mol. The molecular formula is C22H18F3N3O2S2. The van der Waals surface area contributed by atoms with Crippen LogP contribution in [0.3, 0.4) is 0 Å². The third kappa shape index (κ3) is 4.51. The van der Waals surface area contributed by atoms with Gasteiger partial charge in [0.05, 0.1) is 23.0 Å². The molecule has 0 aliphatic rings. The molecule has 4 rings (SSSR count). The zero-order chi connectivity index (χ0) is 23.0. The minimum Gasteiger partial charge on any atom is -0.480 e. The normalized spacial score (nSPS) is 11.9. The highest BCUT2D eigenvalue weighted by Crippen LogP contribution is 2.36. The number of carboxylic acid groups (broad SMARTS) is 1. The number of thioether (sulfide) groups is 1. The molecule has 2 heterocycles. The van der Waals surface area contributed by atoms with Gasteiger partial charge in [-0.3, -0.25) is 9.48 Å². The maximum absolute atomic E-state index is 12.8. The molecule has 0 aliphatic heterocycles. The number of nitrogens with zero attached hydrogens (tertiary/aromatic N) is 3. The minimum atomic E-state index is -4.36. The lowest BCUT2D eigenvalue weighted by Gasteiger charge is -2.07. The second kappa shape index (κ2) is 8.59. The molecule has 1 N–H and O–H groups in total. The van der Waals surface area contributed by atoms with Gasteiger partial charge in [0.1, 0.15) is 11.6 Å². The number of fused-ring (bicyclic) bond motifs is 1. The zero-order valence-corrected chi connectivity index (χ0v) is 18.7. The molecule has 0 fully saturated rings. The van der Waals surface area contributed by atoms with Gasteiger partial charge in [0.25, 0.3) is 0 Å². The molecule has 0 bridgehead atoms. The maximum atomic E-state index is 12.8. The van der Waals surface area contributed by atoms with E-state index in [4.69, 9.17) is 5.11 Å². The summed E-state index contributed by atoms with van der Waals surface area (Å²) in [5, 5.41) is 14.8. The van der Waals surface area contributed by atoms with Gasteiger partial charge in [-0.1, -0.05) is 12.1 Å². The van der Waals surface area contributed by atoms with Gasteiger partial charge in [0.2, 0.25) is 0 Å². The van der Waals surface area contributed by atoms with Crippen molar-refractivity contribution in [3.8, 4) is 10.6 Å². The number of hydrogen-bond acceptors (Lipinski definition) is 5. The summed E-state index contributed by atoms with van der Waals surface area (Å²) in [5.41, 5.74) is 2.63. The van der Waals surface area contributed by atoms with E-state index in [0.29, 0.717) is 16.3 Å². The molecule has 0 atom stereocenters. The highest BCUT2D eigenvalue weighted by atomic mass is 32.2. The third-order valence-electron chi connectivity index (χ3n) is 5.04. The molecule has 0 aliphatic carbocycles. The Kier molecular flexibility index (Phi) is 6.00. The summed E-state index contributed by atoms with van der Waals surface area (Å²) >= 11 is 3.11. The topological polar surface area (TPSA) is 68.0 Å². The van der Waals surface area contributed by atoms with E-state index in [1.807, 2.05) is 26.0 Å². The van der Waals surface area contributed by atoms with E-state index in [2.05, 4.69) is 10.1 Å². The van der Waals surface area contributed by atoms with Crippen molar-refractivity contribution in [1.82, 2.24) is 14.8 Å². The monoisotopic (exact) mass is 477 g/mol. The number of alkyl halides is 3. The van der Waals surface area contributed by atoms with E-state index in [1.165, 1.54) is 28.2 Å². The molecule has 2 aromatic carbocycles. The number of aliphatic carboxylic acids is 1.